The highest BCUT2D eigenvalue weighted by Crippen LogP contribution is 2.64. The standard InChI is InChI=1S/C34H46F3NO2S/c1-31(2,3)41(6,7)40-25-20-32(4,5)19-24-26(25)28-27(29(38-24)21-11-10-12-21)30(39-33(28)17-8-9-18-33)22-13-15-23(16-14-22)34(35,36)37/h13-16,21,25,30H,8-12,17-20H2,1-7H3. The first kappa shape index (κ1) is 29.5. The zero-order valence-corrected chi connectivity index (χ0v) is 26.5. The third-order valence-corrected chi connectivity index (χ3v) is 14.1. The number of aromatic nitrogens is 1. The van der Waals surface area contributed by atoms with Crippen molar-refractivity contribution in [3.05, 3.63) is 63.5 Å². The van der Waals surface area contributed by atoms with Crippen LogP contribution in [-0.4, -0.2) is 22.2 Å². The molecule has 4 aliphatic rings. The van der Waals surface area contributed by atoms with Crippen LogP contribution in [0.3, 0.4) is 0 Å². The summed E-state index contributed by atoms with van der Waals surface area (Å²) < 4.78 is 54.8. The lowest BCUT2D eigenvalue weighted by Crippen LogP contribution is -2.35. The Kier molecular flexibility index (Phi) is 6.99. The van der Waals surface area contributed by atoms with E-state index in [1.807, 2.05) is 0 Å². The van der Waals surface area contributed by atoms with Crippen molar-refractivity contribution in [2.75, 3.05) is 12.5 Å². The number of rotatable bonds is 4. The molecule has 1 aromatic carbocycles. The molecule has 41 heavy (non-hydrogen) atoms. The average Bonchev–Trinajstić information content (AvgIpc) is 3.41. The summed E-state index contributed by atoms with van der Waals surface area (Å²) in [5, 5.41) is 0. The van der Waals surface area contributed by atoms with Gasteiger partial charge in [-0.3, -0.25) is 4.98 Å². The quantitative estimate of drug-likeness (QED) is 0.356. The van der Waals surface area contributed by atoms with Crippen molar-refractivity contribution < 1.29 is 22.1 Å². The Labute approximate surface area is 245 Å². The van der Waals surface area contributed by atoms with Gasteiger partial charge in [0.2, 0.25) is 0 Å². The van der Waals surface area contributed by atoms with E-state index in [0.717, 1.165) is 68.2 Å². The molecule has 0 N–H and O–H groups in total. The summed E-state index contributed by atoms with van der Waals surface area (Å²) in [7, 11) is -1.42. The third-order valence-electron chi connectivity index (χ3n) is 10.4. The molecule has 2 heterocycles. The molecule has 1 aromatic heterocycles. The van der Waals surface area contributed by atoms with Gasteiger partial charge in [0.25, 0.3) is 0 Å². The topological polar surface area (TPSA) is 31.4 Å². The molecular formula is C34H46F3NO2S. The normalized spacial score (nSPS) is 26.1. The lowest BCUT2D eigenvalue weighted by Gasteiger charge is -2.49. The summed E-state index contributed by atoms with van der Waals surface area (Å²) in [6.07, 6.45) is 8.97. The lowest BCUT2D eigenvalue weighted by molar-refractivity contribution is -0.137. The van der Waals surface area contributed by atoms with Crippen LogP contribution >= 0.6 is 10.3 Å². The first-order valence-electron chi connectivity index (χ1n) is 15.3. The smallest absolute Gasteiger partial charge is 0.358 e. The molecule has 1 spiro atoms. The van der Waals surface area contributed by atoms with Crippen LogP contribution in [0.4, 0.5) is 13.2 Å². The molecule has 3 nitrogen and oxygen atoms in total. The van der Waals surface area contributed by atoms with E-state index < -0.39 is 33.8 Å². The second-order valence-corrected chi connectivity index (χ2v) is 19.0. The highest BCUT2D eigenvalue weighted by Gasteiger charge is 2.54. The van der Waals surface area contributed by atoms with Gasteiger partial charge in [0.15, 0.2) is 0 Å². The molecule has 3 aliphatic carbocycles. The summed E-state index contributed by atoms with van der Waals surface area (Å²) in [6.45, 7) is 11.5. The van der Waals surface area contributed by atoms with Crippen molar-refractivity contribution in [3.8, 4) is 0 Å². The number of hydrogen-bond acceptors (Lipinski definition) is 3. The minimum Gasteiger partial charge on any atom is -0.358 e. The Morgan fingerprint density at radius 1 is 0.951 bits per heavy atom. The monoisotopic (exact) mass is 589 g/mol. The first-order chi connectivity index (χ1) is 19.0. The summed E-state index contributed by atoms with van der Waals surface area (Å²) in [6, 6.07) is 5.66. The molecule has 2 aromatic rings. The number of pyridine rings is 1. The molecule has 7 heteroatoms. The van der Waals surface area contributed by atoms with Crippen molar-refractivity contribution in [2.24, 2.45) is 5.41 Å². The summed E-state index contributed by atoms with van der Waals surface area (Å²) in [5.74, 6) is 0.382. The van der Waals surface area contributed by atoms with Crippen molar-refractivity contribution in [2.45, 2.75) is 127 Å². The van der Waals surface area contributed by atoms with Crippen LogP contribution in [0.2, 0.25) is 0 Å². The van der Waals surface area contributed by atoms with Crippen molar-refractivity contribution in [1.29, 1.82) is 0 Å². The van der Waals surface area contributed by atoms with Gasteiger partial charge < -0.3 is 8.92 Å². The van der Waals surface area contributed by atoms with Crippen LogP contribution in [0.25, 0.3) is 0 Å². The highest BCUT2D eigenvalue weighted by atomic mass is 32.3. The number of alkyl halides is 3. The number of hydrogen-bond donors (Lipinski definition) is 0. The van der Waals surface area contributed by atoms with E-state index in [1.165, 1.54) is 35.4 Å². The zero-order valence-electron chi connectivity index (χ0n) is 25.7. The van der Waals surface area contributed by atoms with Gasteiger partial charge in [-0.05, 0) is 79.7 Å². The number of fused-ring (bicyclic) bond motifs is 4. The molecule has 2 unspecified atom stereocenters. The van der Waals surface area contributed by atoms with Crippen LogP contribution in [0.15, 0.2) is 24.3 Å². The largest absolute Gasteiger partial charge is 0.416 e. The van der Waals surface area contributed by atoms with E-state index in [4.69, 9.17) is 13.9 Å². The molecule has 0 bridgehead atoms. The fourth-order valence-electron chi connectivity index (χ4n) is 7.30. The average molecular weight is 590 g/mol. The van der Waals surface area contributed by atoms with Gasteiger partial charge in [-0.2, -0.15) is 13.2 Å². The van der Waals surface area contributed by atoms with Crippen LogP contribution in [0.1, 0.15) is 143 Å². The van der Waals surface area contributed by atoms with E-state index in [-0.39, 0.29) is 16.3 Å². The number of ether oxygens (including phenoxy) is 1. The van der Waals surface area contributed by atoms with Gasteiger partial charge in [0.05, 0.1) is 23.0 Å². The van der Waals surface area contributed by atoms with Gasteiger partial charge in [-0.25, -0.2) is 0 Å². The maximum absolute atomic E-state index is 13.5. The molecule has 0 amide bonds. The van der Waals surface area contributed by atoms with E-state index >= 15 is 0 Å². The Bertz CT molecular complexity index is 1320. The van der Waals surface area contributed by atoms with Gasteiger partial charge in [-0.15, -0.1) is 10.3 Å². The van der Waals surface area contributed by atoms with Crippen LogP contribution in [-0.2, 0) is 27.1 Å². The second-order valence-electron chi connectivity index (χ2n) is 15.1. The Morgan fingerprint density at radius 2 is 1.59 bits per heavy atom. The zero-order chi connectivity index (χ0) is 29.6. The highest BCUT2D eigenvalue weighted by molar-refractivity contribution is 8.29. The van der Waals surface area contributed by atoms with Crippen molar-refractivity contribution >= 4 is 10.3 Å². The SMILES string of the molecule is CC1(C)Cc2nc(C3CCC3)c3c(c2C(OS(C)(C)C(C)(C)C)C1)C1(CCCC1)OC3c1ccc(C(F)(F)F)cc1. The van der Waals surface area contributed by atoms with Crippen LogP contribution < -0.4 is 0 Å². The maximum Gasteiger partial charge on any atom is 0.416 e. The molecule has 2 fully saturated rings. The van der Waals surface area contributed by atoms with Gasteiger partial charge in [0, 0.05) is 27.5 Å². The van der Waals surface area contributed by atoms with E-state index in [0.29, 0.717) is 5.92 Å². The fourth-order valence-corrected chi connectivity index (χ4v) is 8.33. The number of benzene rings is 1. The minimum absolute atomic E-state index is 0.0154. The Balaban J connectivity index is 1.57. The molecule has 6 rings (SSSR count). The molecule has 0 radical (unpaired) electrons. The van der Waals surface area contributed by atoms with Gasteiger partial charge in [-0.1, -0.05) is 66.0 Å². The van der Waals surface area contributed by atoms with Crippen molar-refractivity contribution in [3.63, 3.8) is 0 Å². The lowest BCUT2D eigenvalue weighted by atomic mass is 9.69. The molecule has 226 valence electrons. The molecule has 1 aliphatic heterocycles. The summed E-state index contributed by atoms with van der Waals surface area (Å²) in [4.78, 5) is 5.50. The number of nitrogens with zero attached hydrogens (tertiary/aromatic N) is 1. The van der Waals surface area contributed by atoms with E-state index in [1.54, 1.807) is 12.1 Å². The predicted octanol–water partition coefficient (Wildman–Crippen LogP) is 10.1. The molecule has 0 saturated heterocycles. The Morgan fingerprint density at radius 3 is 2.12 bits per heavy atom. The number of halogens is 3. The van der Waals surface area contributed by atoms with Gasteiger partial charge in [0.1, 0.15) is 6.10 Å². The fraction of sp³-hybridized carbons (Fsp3) is 0.676. The van der Waals surface area contributed by atoms with Crippen LogP contribution in [0.5, 0.6) is 0 Å². The van der Waals surface area contributed by atoms with E-state index in [2.05, 4.69) is 47.1 Å². The Hall–Kier alpha value is -1.57. The first-order valence-corrected chi connectivity index (χ1v) is 17.7. The summed E-state index contributed by atoms with van der Waals surface area (Å²) >= 11 is 0. The minimum atomic E-state index is -4.36. The molecular weight excluding hydrogens is 543 g/mol. The predicted molar refractivity (Wildman–Crippen MR) is 160 cm³/mol. The second kappa shape index (κ2) is 9.72. The van der Waals surface area contributed by atoms with Crippen molar-refractivity contribution in [1.82, 2.24) is 4.98 Å². The molecule has 2 saturated carbocycles. The molecule has 2 atom stereocenters. The summed E-state index contributed by atoms with van der Waals surface area (Å²) in [5.41, 5.74) is 5.76. The maximum atomic E-state index is 13.5. The van der Waals surface area contributed by atoms with Gasteiger partial charge >= 0.3 is 6.18 Å². The third kappa shape index (κ3) is 5.06. The van der Waals surface area contributed by atoms with E-state index in [9.17, 15) is 13.2 Å². The van der Waals surface area contributed by atoms with Crippen LogP contribution in [0, 0.1) is 5.41 Å².